The monoisotopic (exact) mass is 1430 g/mol. The highest BCUT2D eigenvalue weighted by Crippen LogP contribution is 2.68. The molecule has 0 aromatic rings. The van der Waals surface area contributed by atoms with Crippen LogP contribution in [0.15, 0.2) is 0 Å². The second-order valence-corrected chi connectivity index (χ2v) is 49.5. The molecule has 602 valence electrons. The summed E-state index contributed by atoms with van der Waals surface area (Å²) in [6.07, 6.45) is 84.9. The molecule has 18 aliphatic rings. The standard InChI is InChI=1S/C21H38.C18H32.2C16H28.C16H30.C14H26.2CH4/c1-20(2,3)19-11-14-21(15-12-19)13-10-17-6-4-8-18(16-21)9-5-7-17;1-17(2,3)16-10-14-9-15(11-16)13-18(12-14)7-5-4-6-8-18;1-15(2,3)14-10-13-9-12(14)11-16(13)7-5-4-6-8-16;1-15(2,3)14-12-9-13(14)11-16(10-12)7-5-4-6-8-16;1-14(2,3)15(4)10-12-16(13-11-15)8-6-5-7-9-16;1-13(2,3)12-6-10-14(11-7-12)8-4-5-9-14;;/h17-19H,4-16H2,1-3H3;14-16H,4-13H2,1-3H3;2*12-14H,4-11H2,1-3H3;5-13H2,1-4H3;12H,4-11H2,1-3H3;2*1H4/i;;;;;12D;;. The summed E-state index contributed by atoms with van der Waals surface area (Å²) in [4.78, 5) is 0. The van der Waals surface area contributed by atoms with Crippen LogP contribution in [0.1, 0.15) is 507 Å². The fourth-order valence-corrected chi connectivity index (χ4v) is 30.0. The summed E-state index contributed by atoms with van der Waals surface area (Å²) in [5, 5.41) is 0. The van der Waals surface area contributed by atoms with Gasteiger partial charge in [0.15, 0.2) is 0 Å². The third kappa shape index (κ3) is 21.9. The van der Waals surface area contributed by atoms with Crippen LogP contribution in [-0.4, -0.2) is 0 Å². The van der Waals surface area contributed by atoms with Gasteiger partial charge in [-0.15, -0.1) is 0 Å². The smallest absolute Gasteiger partial charge is 0.0308 e. The average molecular weight is 1430 g/mol. The molecule has 0 saturated heterocycles. The number of rotatable bonds is 0. The Morgan fingerprint density at radius 3 is 1.08 bits per heavy atom. The molecule has 0 radical (unpaired) electrons. The lowest BCUT2D eigenvalue weighted by atomic mass is 9.43. The molecule has 0 nitrogen and oxygen atoms in total. The van der Waals surface area contributed by atoms with Crippen LogP contribution in [0.4, 0.5) is 0 Å². The number of hydrogen-bond acceptors (Lipinski definition) is 0. The molecule has 0 aliphatic heterocycles. The lowest BCUT2D eigenvalue weighted by Crippen LogP contribution is -2.53. The molecule has 18 saturated carbocycles. The van der Waals surface area contributed by atoms with E-state index in [-0.39, 0.29) is 26.2 Å². The summed E-state index contributed by atoms with van der Waals surface area (Å²) >= 11 is 0. The Bertz CT molecular complexity index is 2450. The Balaban J connectivity index is 0.000000145. The van der Waals surface area contributed by atoms with Crippen molar-refractivity contribution in [2.24, 2.45) is 147 Å². The Morgan fingerprint density at radius 1 is 0.262 bits per heavy atom. The first kappa shape index (κ1) is 85.4. The van der Waals surface area contributed by atoms with Gasteiger partial charge in [-0.25, -0.2) is 0 Å². The highest BCUT2D eigenvalue weighted by atomic mass is 14.6. The summed E-state index contributed by atoms with van der Waals surface area (Å²) in [5.74, 6) is 12.6. The predicted molar refractivity (Wildman–Crippen MR) is 457 cm³/mol. The molecule has 0 heterocycles. The Labute approximate surface area is 650 Å². The van der Waals surface area contributed by atoms with E-state index in [9.17, 15) is 0 Å². The van der Waals surface area contributed by atoms with Crippen molar-refractivity contribution >= 4 is 0 Å². The van der Waals surface area contributed by atoms with E-state index in [1.54, 1.807) is 167 Å². The largest absolute Gasteiger partial charge is 0.0776 e. The lowest BCUT2D eigenvalue weighted by molar-refractivity contribution is -0.125. The van der Waals surface area contributed by atoms with Gasteiger partial charge in [0.05, 0.1) is 0 Å². The minimum absolute atomic E-state index is 0. The summed E-state index contributed by atoms with van der Waals surface area (Å²) in [6, 6.07) is 0. The van der Waals surface area contributed by atoms with Gasteiger partial charge in [-0.2, -0.15) is 0 Å². The van der Waals surface area contributed by atoms with Crippen LogP contribution in [0.3, 0.4) is 0 Å². The first-order valence-corrected chi connectivity index (χ1v) is 47.2. The highest BCUT2D eigenvalue weighted by molar-refractivity contribution is 5.09. The quantitative estimate of drug-likeness (QED) is 0.227. The molecule has 0 N–H and O–H groups in total. The zero-order chi connectivity index (χ0) is 73.5. The topological polar surface area (TPSA) is 0 Å². The molecular formula is C103H190. The molecule has 7 atom stereocenters. The minimum Gasteiger partial charge on any atom is -0.0776 e. The highest BCUT2D eigenvalue weighted by Gasteiger charge is 2.58. The summed E-state index contributed by atoms with van der Waals surface area (Å²) < 4.78 is 8.62. The molecule has 0 aromatic carbocycles. The van der Waals surface area contributed by atoms with E-state index in [0.29, 0.717) is 37.9 Å². The first-order chi connectivity index (χ1) is 47.7. The van der Waals surface area contributed by atoms with Gasteiger partial charge in [0.2, 0.25) is 0 Å². The molecule has 18 rings (SSSR count). The second-order valence-electron chi connectivity index (χ2n) is 49.5. The van der Waals surface area contributed by atoms with E-state index in [1.807, 2.05) is 0 Å². The normalized spacial score (nSPS) is 37.4. The van der Waals surface area contributed by atoms with Gasteiger partial charge in [0, 0.05) is 1.37 Å². The molecule has 0 amide bonds. The Kier molecular flexibility index (Phi) is 28.8. The van der Waals surface area contributed by atoms with Gasteiger partial charge in [0.1, 0.15) is 0 Å². The fourth-order valence-electron chi connectivity index (χ4n) is 30.0. The zero-order valence-electron chi connectivity index (χ0n) is 73.5. The summed E-state index contributed by atoms with van der Waals surface area (Å²) in [5.41, 5.74) is 8.17. The van der Waals surface area contributed by atoms with E-state index >= 15 is 0 Å². The van der Waals surface area contributed by atoms with Crippen molar-refractivity contribution in [1.82, 2.24) is 0 Å². The Morgan fingerprint density at radius 2 is 0.660 bits per heavy atom. The molecule has 7 unspecified atom stereocenters. The average Bonchev–Trinajstić information content (AvgIpc) is 1.42. The second kappa shape index (κ2) is 34.8. The predicted octanol–water partition coefficient (Wildman–Crippen LogP) is 34.5. The van der Waals surface area contributed by atoms with Crippen molar-refractivity contribution in [3.63, 3.8) is 0 Å². The van der Waals surface area contributed by atoms with Crippen molar-refractivity contribution in [3.05, 3.63) is 0 Å². The van der Waals surface area contributed by atoms with Gasteiger partial charge in [-0.1, -0.05) is 275 Å². The van der Waals surface area contributed by atoms with Crippen LogP contribution in [0, 0.1) is 147 Å². The number of fused-ring (bicyclic) bond motifs is 10. The molecule has 8 bridgehead atoms. The molecule has 0 heteroatoms. The van der Waals surface area contributed by atoms with Crippen molar-refractivity contribution in [2.75, 3.05) is 0 Å². The van der Waals surface area contributed by atoms with Crippen LogP contribution in [0.2, 0.25) is 0 Å². The third-order valence-electron chi connectivity index (χ3n) is 36.9. The van der Waals surface area contributed by atoms with Gasteiger partial charge >= 0.3 is 0 Å². The van der Waals surface area contributed by atoms with E-state index in [2.05, 4.69) is 132 Å². The van der Waals surface area contributed by atoms with Gasteiger partial charge in [-0.05, 0) is 378 Å². The van der Waals surface area contributed by atoms with E-state index in [4.69, 9.17) is 1.37 Å². The maximum absolute atomic E-state index is 8.62. The first-order valence-electron chi connectivity index (χ1n) is 47.7. The van der Waals surface area contributed by atoms with Crippen LogP contribution in [0.25, 0.3) is 0 Å². The van der Waals surface area contributed by atoms with Gasteiger partial charge < -0.3 is 0 Å². The van der Waals surface area contributed by atoms with E-state index in [0.717, 1.165) is 111 Å². The van der Waals surface area contributed by atoms with Crippen molar-refractivity contribution in [2.45, 2.75) is 506 Å². The maximum atomic E-state index is 8.62. The van der Waals surface area contributed by atoms with Gasteiger partial charge in [-0.3, -0.25) is 0 Å². The molecule has 103 heavy (non-hydrogen) atoms. The minimum atomic E-state index is -0.152. The number of hydrogen-bond donors (Lipinski definition) is 0. The van der Waals surface area contributed by atoms with Crippen molar-refractivity contribution in [3.8, 4) is 0 Å². The van der Waals surface area contributed by atoms with Crippen LogP contribution < -0.4 is 0 Å². The zero-order valence-corrected chi connectivity index (χ0v) is 72.5. The van der Waals surface area contributed by atoms with Crippen LogP contribution in [0.5, 0.6) is 0 Å². The third-order valence-corrected chi connectivity index (χ3v) is 36.9. The van der Waals surface area contributed by atoms with Crippen molar-refractivity contribution < 1.29 is 1.37 Å². The van der Waals surface area contributed by atoms with Crippen molar-refractivity contribution in [1.29, 1.82) is 0 Å². The van der Waals surface area contributed by atoms with Gasteiger partial charge in [0.25, 0.3) is 0 Å². The Hall–Kier alpha value is 0. The fraction of sp³-hybridized carbons (Fsp3) is 1.00. The van der Waals surface area contributed by atoms with Crippen LogP contribution in [-0.2, 0) is 0 Å². The molecule has 6 spiro atoms. The molecule has 0 aromatic heterocycles. The summed E-state index contributed by atoms with van der Waals surface area (Å²) in [7, 11) is 0. The van der Waals surface area contributed by atoms with E-state index < -0.39 is 0 Å². The summed E-state index contributed by atoms with van der Waals surface area (Å²) in [6.45, 7) is 46.2. The van der Waals surface area contributed by atoms with E-state index in [1.165, 1.54) is 180 Å². The maximum Gasteiger partial charge on any atom is 0.0308 e. The van der Waals surface area contributed by atoms with Crippen LogP contribution >= 0.6 is 0 Å². The molecular weight excluding hydrogens is 1240 g/mol. The molecule has 18 aliphatic carbocycles. The molecule has 18 fully saturated rings. The SMILES string of the molecule is C.C.CC(C)(C)C1(C)CCC2(CCCCC2)CC1.CC(C)(C)C1C2CC1CC1(CCCCC1)C2.CC(C)(C)C1CC2CC(C1)CC1(CCCCC1)C2.CC(C)(C)C1CC2CC1CC21CCCCC1.CC(C)(C)C1CCC2(CCC3CCCC(CCC3)C2)CC1.[2H]C1(C(C)(C)C)CCC2(CCCC2)CC1. The lowest BCUT2D eigenvalue weighted by Gasteiger charge is -2.62.